The van der Waals surface area contributed by atoms with Crippen LogP contribution in [0.25, 0.3) is 0 Å². The number of aliphatic hydroxyl groups is 2. The zero-order valence-electron chi connectivity index (χ0n) is 13.1. The van der Waals surface area contributed by atoms with Gasteiger partial charge in [-0.2, -0.15) is 0 Å². The lowest BCUT2D eigenvalue weighted by Crippen LogP contribution is -2.60. The zero-order chi connectivity index (χ0) is 16.6. The Kier molecular flexibility index (Phi) is 4.27. The molecule has 0 bridgehead atoms. The second-order valence-corrected chi connectivity index (χ2v) is 6.37. The van der Waals surface area contributed by atoms with Gasteiger partial charge in [-0.25, -0.2) is 0 Å². The van der Waals surface area contributed by atoms with E-state index in [0.29, 0.717) is 44.5 Å². The van der Waals surface area contributed by atoms with Crippen molar-refractivity contribution in [3.63, 3.8) is 0 Å². The number of hydrogen-bond donors (Lipinski definition) is 2. The van der Waals surface area contributed by atoms with Gasteiger partial charge < -0.3 is 24.4 Å². The number of pyridine rings is 1. The molecule has 2 fully saturated rings. The summed E-state index contributed by atoms with van der Waals surface area (Å²) in [4.78, 5) is 25.8. The first kappa shape index (κ1) is 16.2. The van der Waals surface area contributed by atoms with E-state index < -0.39 is 17.8 Å². The van der Waals surface area contributed by atoms with Crippen LogP contribution in [0.3, 0.4) is 0 Å². The molecular weight excluding hydrogens is 300 g/mol. The molecule has 23 heavy (non-hydrogen) atoms. The third-order valence-corrected chi connectivity index (χ3v) is 4.95. The number of nitrogens with zero attached hydrogens (tertiary/aromatic N) is 2. The van der Waals surface area contributed by atoms with E-state index in [0.717, 1.165) is 0 Å². The van der Waals surface area contributed by atoms with E-state index in [1.807, 2.05) is 0 Å². The van der Waals surface area contributed by atoms with Crippen molar-refractivity contribution in [1.82, 2.24) is 9.47 Å². The van der Waals surface area contributed by atoms with Crippen LogP contribution in [0, 0.1) is 0 Å². The first-order chi connectivity index (χ1) is 10.9. The zero-order valence-corrected chi connectivity index (χ0v) is 13.1. The molecule has 2 atom stereocenters. The number of ether oxygens (including phenoxy) is 1. The van der Waals surface area contributed by atoms with Crippen LogP contribution in [0.2, 0.25) is 0 Å². The van der Waals surface area contributed by atoms with Gasteiger partial charge in [0.25, 0.3) is 11.5 Å². The maximum atomic E-state index is 12.5. The van der Waals surface area contributed by atoms with E-state index in [1.54, 1.807) is 24.2 Å². The number of piperidine rings is 1. The van der Waals surface area contributed by atoms with Gasteiger partial charge in [0, 0.05) is 38.0 Å². The molecule has 7 heteroatoms. The highest BCUT2D eigenvalue weighted by Crippen LogP contribution is 2.35. The lowest BCUT2D eigenvalue weighted by Gasteiger charge is -2.48. The Morgan fingerprint density at radius 2 is 2.04 bits per heavy atom. The molecule has 0 aromatic carbocycles. The average molecular weight is 322 g/mol. The summed E-state index contributed by atoms with van der Waals surface area (Å²) in [5.41, 5.74) is -0.617. The van der Waals surface area contributed by atoms with Crippen molar-refractivity contribution in [2.75, 3.05) is 19.7 Å². The molecule has 0 aliphatic carbocycles. The summed E-state index contributed by atoms with van der Waals surface area (Å²) in [6, 6.07) is 2.96. The normalized spacial score (nSPS) is 27.2. The third-order valence-electron chi connectivity index (χ3n) is 4.95. The van der Waals surface area contributed by atoms with Gasteiger partial charge in [0.05, 0.1) is 18.3 Å². The summed E-state index contributed by atoms with van der Waals surface area (Å²) in [5, 5.41) is 20.1. The number of rotatable bonds is 1. The first-order valence-electron chi connectivity index (χ1n) is 7.89. The highest BCUT2D eigenvalue weighted by atomic mass is 16.5. The number of carbonyl (C=O) groups is 1. The molecule has 2 aliphatic heterocycles. The summed E-state index contributed by atoms with van der Waals surface area (Å²) in [5.74, 6) is -0.191. The van der Waals surface area contributed by atoms with Crippen molar-refractivity contribution in [3.05, 3.63) is 34.2 Å². The lowest BCUT2D eigenvalue weighted by atomic mass is 9.80. The third kappa shape index (κ3) is 2.91. The number of carbonyl (C=O) groups excluding carboxylic acids is 1. The molecule has 1 spiro atoms. The van der Waals surface area contributed by atoms with Crippen molar-refractivity contribution < 1.29 is 19.7 Å². The number of aromatic nitrogens is 1. The monoisotopic (exact) mass is 322 g/mol. The molecular formula is C16H22N2O5. The number of aryl methyl sites for hydroxylation is 1. The van der Waals surface area contributed by atoms with Crippen LogP contribution in [-0.4, -0.2) is 63.1 Å². The van der Waals surface area contributed by atoms with Crippen LogP contribution < -0.4 is 5.56 Å². The van der Waals surface area contributed by atoms with Gasteiger partial charge >= 0.3 is 0 Å². The van der Waals surface area contributed by atoms with Crippen molar-refractivity contribution in [2.45, 2.75) is 37.1 Å². The van der Waals surface area contributed by atoms with Crippen LogP contribution in [0.1, 0.15) is 29.6 Å². The molecule has 0 unspecified atom stereocenters. The van der Waals surface area contributed by atoms with E-state index in [-0.39, 0.29) is 11.5 Å². The maximum Gasteiger partial charge on any atom is 0.254 e. The molecule has 1 amide bonds. The van der Waals surface area contributed by atoms with Gasteiger partial charge in [-0.3, -0.25) is 9.59 Å². The standard InChI is InChI=1S/C16H22N2O5/c1-17-6-2-11(10-13(17)20)15(22)18-7-4-16(5-8-18)14(21)12(19)3-9-23-16/h2,6,10,12,14,19,21H,3-5,7-9H2,1H3/t12-,14-/m0/s1. The van der Waals surface area contributed by atoms with Gasteiger partial charge in [-0.05, 0) is 25.3 Å². The van der Waals surface area contributed by atoms with Crippen LogP contribution in [0.5, 0.6) is 0 Å². The van der Waals surface area contributed by atoms with Crippen molar-refractivity contribution in [2.24, 2.45) is 7.05 Å². The lowest BCUT2D eigenvalue weighted by molar-refractivity contribution is -0.212. The molecule has 2 saturated heterocycles. The van der Waals surface area contributed by atoms with E-state index in [1.165, 1.54) is 10.6 Å². The fourth-order valence-electron chi connectivity index (χ4n) is 3.37. The Hall–Kier alpha value is -1.70. The van der Waals surface area contributed by atoms with E-state index >= 15 is 0 Å². The highest BCUT2D eigenvalue weighted by molar-refractivity contribution is 5.94. The van der Waals surface area contributed by atoms with Gasteiger partial charge in [0.1, 0.15) is 6.10 Å². The number of likely N-dealkylation sites (tertiary alicyclic amines) is 1. The Balaban J connectivity index is 1.70. The summed E-state index contributed by atoms with van der Waals surface area (Å²) in [7, 11) is 1.63. The predicted molar refractivity (Wildman–Crippen MR) is 82.1 cm³/mol. The second kappa shape index (κ2) is 6.07. The van der Waals surface area contributed by atoms with Crippen LogP contribution >= 0.6 is 0 Å². The molecule has 1 aromatic rings. The quantitative estimate of drug-likeness (QED) is 0.727. The first-order valence-corrected chi connectivity index (χ1v) is 7.89. The smallest absolute Gasteiger partial charge is 0.254 e. The van der Waals surface area contributed by atoms with Crippen molar-refractivity contribution >= 4 is 5.91 Å². The average Bonchev–Trinajstić information content (AvgIpc) is 2.55. The van der Waals surface area contributed by atoms with E-state index in [2.05, 4.69) is 0 Å². The SMILES string of the molecule is Cn1ccc(C(=O)N2CCC3(CC2)OCC[C@H](O)[C@@H]3O)cc1=O. The van der Waals surface area contributed by atoms with Crippen LogP contribution in [0.15, 0.2) is 23.1 Å². The Labute approximate surface area is 134 Å². The van der Waals surface area contributed by atoms with E-state index in [9.17, 15) is 19.8 Å². The predicted octanol–water partition coefficient (Wildman–Crippen LogP) is -0.498. The van der Waals surface area contributed by atoms with Gasteiger partial charge in [0.2, 0.25) is 0 Å². The Morgan fingerprint density at radius 3 is 2.70 bits per heavy atom. The van der Waals surface area contributed by atoms with Gasteiger partial charge in [-0.15, -0.1) is 0 Å². The minimum Gasteiger partial charge on any atom is -0.390 e. The second-order valence-electron chi connectivity index (χ2n) is 6.37. The molecule has 3 rings (SSSR count). The molecule has 2 N–H and O–H groups in total. The Bertz CT molecular complexity index is 648. The molecule has 0 saturated carbocycles. The summed E-state index contributed by atoms with van der Waals surface area (Å²) in [6.45, 7) is 1.27. The summed E-state index contributed by atoms with van der Waals surface area (Å²) >= 11 is 0. The number of amides is 1. The molecule has 1 aromatic heterocycles. The molecule has 7 nitrogen and oxygen atoms in total. The van der Waals surface area contributed by atoms with Crippen molar-refractivity contribution in [1.29, 1.82) is 0 Å². The minimum atomic E-state index is -0.919. The van der Waals surface area contributed by atoms with Gasteiger partial charge in [0.15, 0.2) is 0 Å². The fourth-order valence-corrected chi connectivity index (χ4v) is 3.37. The minimum absolute atomic E-state index is 0.191. The van der Waals surface area contributed by atoms with Gasteiger partial charge in [-0.1, -0.05) is 0 Å². The largest absolute Gasteiger partial charge is 0.390 e. The molecule has 126 valence electrons. The fraction of sp³-hybridized carbons (Fsp3) is 0.625. The molecule has 0 radical (unpaired) electrons. The van der Waals surface area contributed by atoms with E-state index in [4.69, 9.17) is 4.74 Å². The maximum absolute atomic E-state index is 12.5. The topological polar surface area (TPSA) is 92.0 Å². The van der Waals surface area contributed by atoms with Crippen molar-refractivity contribution in [3.8, 4) is 0 Å². The highest BCUT2D eigenvalue weighted by Gasteiger charge is 2.48. The summed E-state index contributed by atoms with van der Waals surface area (Å²) < 4.78 is 7.17. The summed E-state index contributed by atoms with van der Waals surface area (Å²) in [6.07, 6.45) is 1.26. The molecule has 2 aliphatic rings. The van der Waals surface area contributed by atoms with Crippen LogP contribution in [0.4, 0.5) is 0 Å². The Morgan fingerprint density at radius 1 is 1.35 bits per heavy atom. The number of hydrogen-bond acceptors (Lipinski definition) is 5. The van der Waals surface area contributed by atoms with Crippen LogP contribution in [-0.2, 0) is 11.8 Å². The molecule has 3 heterocycles. The number of aliphatic hydroxyl groups excluding tert-OH is 2.